The standard InChI is InChI=1S/C15H20O2/c1-2-3-9-16-15-11-14(12-17-15)10-13-7-5-4-6-8-13/h4-8,10,15H,2-3,9,11-12H2,1H3/b14-10+/t15-/m1/s1. The van der Waals surface area contributed by atoms with Crippen LogP contribution in [-0.2, 0) is 9.47 Å². The van der Waals surface area contributed by atoms with E-state index in [4.69, 9.17) is 9.47 Å². The first-order valence-electron chi connectivity index (χ1n) is 6.36. The van der Waals surface area contributed by atoms with E-state index in [-0.39, 0.29) is 6.29 Å². The summed E-state index contributed by atoms with van der Waals surface area (Å²) < 4.78 is 11.2. The van der Waals surface area contributed by atoms with Crippen LogP contribution in [-0.4, -0.2) is 19.5 Å². The second kappa shape index (κ2) is 6.58. The molecule has 1 fully saturated rings. The molecule has 92 valence electrons. The van der Waals surface area contributed by atoms with E-state index in [1.54, 1.807) is 0 Å². The van der Waals surface area contributed by atoms with Gasteiger partial charge >= 0.3 is 0 Å². The van der Waals surface area contributed by atoms with Crippen LogP contribution in [0.3, 0.4) is 0 Å². The maximum absolute atomic E-state index is 5.65. The highest BCUT2D eigenvalue weighted by Crippen LogP contribution is 2.22. The zero-order valence-electron chi connectivity index (χ0n) is 10.4. The highest BCUT2D eigenvalue weighted by atomic mass is 16.7. The van der Waals surface area contributed by atoms with Crippen LogP contribution in [0.25, 0.3) is 6.08 Å². The highest BCUT2D eigenvalue weighted by Gasteiger charge is 2.19. The first-order chi connectivity index (χ1) is 8.38. The molecule has 17 heavy (non-hydrogen) atoms. The Bertz CT molecular complexity index is 356. The molecule has 1 aliphatic rings. The number of hydrogen-bond donors (Lipinski definition) is 0. The summed E-state index contributed by atoms with van der Waals surface area (Å²) in [7, 11) is 0. The molecule has 0 aliphatic carbocycles. The van der Waals surface area contributed by atoms with Crippen molar-refractivity contribution in [2.45, 2.75) is 32.5 Å². The topological polar surface area (TPSA) is 18.5 Å². The lowest BCUT2D eigenvalue weighted by Gasteiger charge is -2.09. The number of ether oxygens (including phenoxy) is 2. The lowest BCUT2D eigenvalue weighted by Crippen LogP contribution is -2.11. The minimum Gasteiger partial charge on any atom is -0.352 e. The summed E-state index contributed by atoms with van der Waals surface area (Å²) in [5, 5.41) is 0. The molecule has 1 aliphatic heterocycles. The smallest absolute Gasteiger partial charge is 0.161 e. The molecule has 2 nitrogen and oxygen atoms in total. The first kappa shape index (κ1) is 12.3. The summed E-state index contributed by atoms with van der Waals surface area (Å²) in [4.78, 5) is 0. The van der Waals surface area contributed by atoms with Crippen molar-refractivity contribution in [3.05, 3.63) is 41.5 Å². The molecular weight excluding hydrogens is 212 g/mol. The summed E-state index contributed by atoms with van der Waals surface area (Å²) in [6, 6.07) is 10.4. The highest BCUT2D eigenvalue weighted by molar-refractivity contribution is 5.53. The molecule has 0 saturated carbocycles. The van der Waals surface area contributed by atoms with Gasteiger partial charge in [0, 0.05) is 13.0 Å². The van der Waals surface area contributed by atoms with Crippen LogP contribution in [0.2, 0.25) is 0 Å². The quantitative estimate of drug-likeness (QED) is 0.722. The minimum atomic E-state index is -0.0310. The van der Waals surface area contributed by atoms with Crippen molar-refractivity contribution >= 4 is 6.08 Å². The van der Waals surface area contributed by atoms with E-state index in [1.807, 2.05) is 6.07 Å². The van der Waals surface area contributed by atoms with E-state index in [1.165, 1.54) is 17.6 Å². The zero-order valence-corrected chi connectivity index (χ0v) is 10.4. The SMILES string of the molecule is CCCCO[C@H]1C/C(=C\c2ccccc2)CO1. The molecule has 0 N–H and O–H groups in total. The van der Waals surface area contributed by atoms with Crippen molar-refractivity contribution in [1.82, 2.24) is 0 Å². The molecule has 1 aromatic carbocycles. The monoisotopic (exact) mass is 232 g/mol. The summed E-state index contributed by atoms with van der Waals surface area (Å²) in [5.41, 5.74) is 2.55. The van der Waals surface area contributed by atoms with E-state index in [2.05, 4.69) is 37.3 Å². The third-order valence-corrected chi connectivity index (χ3v) is 2.86. The van der Waals surface area contributed by atoms with Crippen LogP contribution in [0, 0.1) is 0 Å². The average molecular weight is 232 g/mol. The van der Waals surface area contributed by atoms with Crippen molar-refractivity contribution in [3.63, 3.8) is 0 Å². The Morgan fingerprint density at radius 2 is 2.18 bits per heavy atom. The Labute approximate surface area is 103 Å². The fourth-order valence-corrected chi connectivity index (χ4v) is 1.88. The van der Waals surface area contributed by atoms with Gasteiger partial charge in [0.2, 0.25) is 0 Å². The van der Waals surface area contributed by atoms with Gasteiger partial charge in [-0.1, -0.05) is 49.8 Å². The van der Waals surface area contributed by atoms with Gasteiger partial charge in [0.05, 0.1) is 6.61 Å². The van der Waals surface area contributed by atoms with E-state index >= 15 is 0 Å². The summed E-state index contributed by atoms with van der Waals surface area (Å²) in [5.74, 6) is 0. The van der Waals surface area contributed by atoms with Gasteiger partial charge in [-0.15, -0.1) is 0 Å². The lowest BCUT2D eigenvalue weighted by atomic mass is 10.1. The van der Waals surface area contributed by atoms with Gasteiger partial charge < -0.3 is 9.47 Å². The second-order valence-corrected chi connectivity index (χ2v) is 4.38. The third-order valence-electron chi connectivity index (χ3n) is 2.86. The van der Waals surface area contributed by atoms with Crippen molar-refractivity contribution in [2.75, 3.05) is 13.2 Å². The number of unbranched alkanes of at least 4 members (excludes halogenated alkanes) is 1. The van der Waals surface area contributed by atoms with Gasteiger partial charge in [-0.25, -0.2) is 0 Å². The van der Waals surface area contributed by atoms with E-state index in [0.29, 0.717) is 6.61 Å². The Morgan fingerprint density at radius 1 is 1.35 bits per heavy atom. The molecule has 0 aromatic heterocycles. The van der Waals surface area contributed by atoms with Crippen LogP contribution < -0.4 is 0 Å². The maximum atomic E-state index is 5.65. The van der Waals surface area contributed by atoms with Gasteiger partial charge in [-0.2, -0.15) is 0 Å². The summed E-state index contributed by atoms with van der Waals surface area (Å²) >= 11 is 0. The molecule has 2 rings (SSSR count). The normalized spacial score (nSPS) is 22.2. The Balaban J connectivity index is 1.83. The molecule has 1 heterocycles. The maximum Gasteiger partial charge on any atom is 0.161 e. The zero-order chi connectivity index (χ0) is 11.9. The van der Waals surface area contributed by atoms with E-state index < -0.39 is 0 Å². The van der Waals surface area contributed by atoms with Crippen LogP contribution in [0.4, 0.5) is 0 Å². The van der Waals surface area contributed by atoms with Gasteiger partial charge in [0.15, 0.2) is 6.29 Å². The molecule has 1 saturated heterocycles. The lowest BCUT2D eigenvalue weighted by molar-refractivity contribution is -0.111. The van der Waals surface area contributed by atoms with Crippen LogP contribution in [0.15, 0.2) is 35.9 Å². The van der Waals surface area contributed by atoms with Gasteiger partial charge in [0.1, 0.15) is 0 Å². The van der Waals surface area contributed by atoms with Crippen LogP contribution >= 0.6 is 0 Å². The summed E-state index contributed by atoms with van der Waals surface area (Å²) in [6.07, 6.45) is 5.34. The third kappa shape index (κ3) is 3.99. The minimum absolute atomic E-state index is 0.0310. The predicted octanol–water partition coefficient (Wildman–Crippen LogP) is 3.63. The molecule has 0 amide bonds. The summed E-state index contributed by atoms with van der Waals surface area (Å²) in [6.45, 7) is 3.67. The Morgan fingerprint density at radius 3 is 2.94 bits per heavy atom. The number of benzene rings is 1. The van der Waals surface area contributed by atoms with Crippen molar-refractivity contribution in [2.24, 2.45) is 0 Å². The predicted molar refractivity (Wildman–Crippen MR) is 69.6 cm³/mol. The fourth-order valence-electron chi connectivity index (χ4n) is 1.88. The van der Waals surface area contributed by atoms with E-state index in [9.17, 15) is 0 Å². The molecule has 1 atom stereocenters. The molecule has 0 spiro atoms. The van der Waals surface area contributed by atoms with Crippen molar-refractivity contribution < 1.29 is 9.47 Å². The van der Waals surface area contributed by atoms with E-state index in [0.717, 1.165) is 19.4 Å². The average Bonchev–Trinajstić information content (AvgIpc) is 2.79. The largest absolute Gasteiger partial charge is 0.352 e. The molecule has 0 radical (unpaired) electrons. The van der Waals surface area contributed by atoms with Gasteiger partial charge in [-0.3, -0.25) is 0 Å². The van der Waals surface area contributed by atoms with Gasteiger partial charge in [-0.05, 0) is 17.6 Å². The molecular formula is C15H20O2. The second-order valence-electron chi connectivity index (χ2n) is 4.38. The Hall–Kier alpha value is -1.12. The number of hydrogen-bond acceptors (Lipinski definition) is 2. The van der Waals surface area contributed by atoms with Crippen LogP contribution in [0.1, 0.15) is 31.7 Å². The molecule has 0 unspecified atom stereocenters. The molecule has 0 bridgehead atoms. The molecule has 2 heteroatoms. The van der Waals surface area contributed by atoms with Crippen molar-refractivity contribution in [3.8, 4) is 0 Å². The van der Waals surface area contributed by atoms with Crippen LogP contribution in [0.5, 0.6) is 0 Å². The first-order valence-corrected chi connectivity index (χ1v) is 6.36. The number of rotatable bonds is 5. The van der Waals surface area contributed by atoms with Gasteiger partial charge in [0.25, 0.3) is 0 Å². The molecule has 1 aromatic rings. The Kier molecular flexibility index (Phi) is 4.77. The fraction of sp³-hybridized carbons (Fsp3) is 0.467. The van der Waals surface area contributed by atoms with Crippen molar-refractivity contribution in [1.29, 1.82) is 0 Å².